The van der Waals surface area contributed by atoms with Gasteiger partial charge in [-0.1, -0.05) is 18.2 Å². The van der Waals surface area contributed by atoms with Crippen molar-refractivity contribution in [3.8, 4) is 0 Å². The molecule has 2 heterocycles. The Bertz CT molecular complexity index is 591. The molecule has 0 aliphatic carbocycles. The first-order valence-corrected chi connectivity index (χ1v) is 6.56. The molecule has 3 rings (SSSR count). The molecule has 1 N–H and O–H groups in total. The summed E-state index contributed by atoms with van der Waals surface area (Å²) in [5, 5.41) is 3.99. The van der Waals surface area contributed by atoms with Gasteiger partial charge >= 0.3 is 0 Å². The number of amides is 1. The largest absolute Gasteiger partial charge is 0.368 e. The molecule has 0 saturated carbocycles. The van der Waals surface area contributed by atoms with E-state index in [2.05, 4.69) is 16.4 Å². The smallest absolute Gasteiger partial charge is 0.249 e. The van der Waals surface area contributed by atoms with Crippen LogP contribution in [-0.2, 0) is 16.1 Å². The summed E-state index contributed by atoms with van der Waals surface area (Å²) in [6, 6.07) is 10.0. The number of benzene rings is 1. The maximum atomic E-state index is 11.8. The summed E-state index contributed by atoms with van der Waals surface area (Å²) in [4.78, 5) is 16.2. The lowest BCUT2D eigenvalue weighted by Gasteiger charge is -2.10. The molecule has 0 bridgehead atoms. The molecule has 98 valence electrons. The molecule has 4 nitrogen and oxygen atoms in total. The third-order valence-corrected chi connectivity index (χ3v) is 3.34. The first-order chi connectivity index (χ1) is 9.33. The predicted molar refractivity (Wildman–Crippen MR) is 72.6 cm³/mol. The quantitative estimate of drug-likeness (QED) is 0.914. The van der Waals surface area contributed by atoms with E-state index in [1.807, 2.05) is 24.3 Å². The van der Waals surface area contributed by atoms with Gasteiger partial charge in [-0.25, -0.2) is 0 Å². The highest BCUT2D eigenvalue weighted by atomic mass is 16.5. The maximum Gasteiger partial charge on any atom is 0.249 e. The normalized spacial score (nSPS) is 18.6. The van der Waals surface area contributed by atoms with Gasteiger partial charge in [0.1, 0.15) is 6.10 Å². The van der Waals surface area contributed by atoms with Crippen molar-refractivity contribution in [3.05, 3.63) is 42.1 Å². The number of hydrogen-bond donors (Lipinski definition) is 1. The van der Waals surface area contributed by atoms with Crippen LogP contribution in [0.3, 0.4) is 0 Å². The zero-order valence-corrected chi connectivity index (χ0v) is 10.6. The molecule has 0 spiro atoms. The summed E-state index contributed by atoms with van der Waals surface area (Å²) < 4.78 is 5.35. The lowest BCUT2D eigenvalue weighted by atomic mass is 10.1. The number of pyridine rings is 1. The van der Waals surface area contributed by atoms with E-state index in [0.29, 0.717) is 13.2 Å². The number of nitrogens with one attached hydrogen (secondary N) is 1. The fourth-order valence-electron chi connectivity index (χ4n) is 2.30. The number of para-hydroxylation sites is 1. The summed E-state index contributed by atoms with van der Waals surface area (Å²) in [5.74, 6) is -0.0225. The lowest BCUT2D eigenvalue weighted by molar-refractivity contribution is -0.130. The number of fused-ring (bicyclic) bond motifs is 1. The second kappa shape index (κ2) is 5.36. The molecule has 0 radical (unpaired) electrons. The van der Waals surface area contributed by atoms with Gasteiger partial charge in [-0.3, -0.25) is 9.78 Å². The highest BCUT2D eigenvalue weighted by Gasteiger charge is 2.22. The van der Waals surface area contributed by atoms with Crippen molar-refractivity contribution in [2.75, 3.05) is 6.61 Å². The average Bonchev–Trinajstić information content (AvgIpc) is 2.99. The van der Waals surface area contributed by atoms with Gasteiger partial charge in [-0.05, 0) is 30.5 Å². The summed E-state index contributed by atoms with van der Waals surface area (Å²) in [6.45, 7) is 1.19. The Hall–Kier alpha value is -1.94. The molecule has 2 aromatic rings. The number of hydrogen-bond acceptors (Lipinski definition) is 3. The van der Waals surface area contributed by atoms with Gasteiger partial charge < -0.3 is 10.1 Å². The number of aromatic nitrogens is 1. The monoisotopic (exact) mass is 256 g/mol. The van der Waals surface area contributed by atoms with Crippen LogP contribution in [0.4, 0.5) is 0 Å². The molecular weight excluding hydrogens is 240 g/mol. The molecule has 1 aliphatic heterocycles. The summed E-state index contributed by atoms with van der Waals surface area (Å²) >= 11 is 0. The number of ether oxygens (including phenoxy) is 1. The molecule has 1 aliphatic rings. The van der Waals surface area contributed by atoms with Crippen molar-refractivity contribution in [1.82, 2.24) is 10.3 Å². The van der Waals surface area contributed by atoms with E-state index in [-0.39, 0.29) is 12.0 Å². The Morgan fingerprint density at radius 1 is 1.42 bits per heavy atom. The average molecular weight is 256 g/mol. The van der Waals surface area contributed by atoms with Crippen molar-refractivity contribution in [3.63, 3.8) is 0 Å². The molecule has 4 heteroatoms. The Morgan fingerprint density at radius 3 is 3.16 bits per heavy atom. The zero-order valence-electron chi connectivity index (χ0n) is 10.6. The van der Waals surface area contributed by atoms with Gasteiger partial charge in [0.25, 0.3) is 0 Å². The van der Waals surface area contributed by atoms with Crippen LogP contribution in [0.5, 0.6) is 0 Å². The van der Waals surface area contributed by atoms with Crippen LogP contribution in [0.25, 0.3) is 10.9 Å². The summed E-state index contributed by atoms with van der Waals surface area (Å²) in [6.07, 6.45) is 3.32. The minimum atomic E-state index is -0.270. The van der Waals surface area contributed by atoms with E-state index in [4.69, 9.17) is 4.74 Å². The van der Waals surface area contributed by atoms with Gasteiger partial charge in [0.2, 0.25) is 5.91 Å². The number of carbonyl (C=O) groups excluding carboxylic acids is 1. The van der Waals surface area contributed by atoms with Crippen LogP contribution in [0.1, 0.15) is 18.4 Å². The van der Waals surface area contributed by atoms with Crippen LogP contribution in [-0.4, -0.2) is 23.6 Å². The van der Waals surface area contributed by atoms with E-state index in [0.717, 1.165) is 29.3 Å². The second-order valence-electron chi connectivity index (χ2n) is 4.76. The molecule has 19 heavy (non-hydrogen) atoms. The molecule has 0 unspecified atom stereocenters. The standard InChI is InChI=1S/C15H16N2O2/c18-15(14-6-3-7-19-14)17-10-11-8-12-4-1-2-5-13(12)16-9-11/h1-2,4-5,8-9,14H,3,6-7,10H2,(H,17,18)/t14-/m1/s1. The Morgan fingerprint density at radius 2 is 2.32 bits per heavy atom. The minimum absolute atomic E-state index is 0.0225. The van der Waals surface area contributed by atoms with Gasteiger partial charge in [0.05, 0.1) is 5.52 Å². The molecule has 1 aromatic heterocycles. The Labute approximate surface area is 111 Å². The molecular formula is C15H16N2O2. The van der Waals surface area contributed by atoms with Crippen molar-refractivity contribution in [2.24, 2.45) is 0 Å². The van der Waals surface area contributed by atoms with Crippen molar-refractivity contribution >= 4 is 16.8 Å². The van der Waals surface area contributed by atoms with Gasteiger partial charge in [0, 0.05) is 24.7 Å². The van der Waals surface area contributed by atoms with Crippen LogP contribution in [0.15, 0.2) is 36.5 Å². The molecule has 1 saturated heterocycles. The van der Waals surface area contributed by atoms with Crippen LogP contribution in [0.2, 0.25) is 0 Å². The topological polar surface area (TPSA) is 51.2 Å². The fourth-order valence-corrected chi connectivity index (χ4v) is 2.30. The van der Waals surface area contributed by atoms with Crippen molar-refractivity contribution in [2.45, 2.75) is 25.5 Å². The second-order valence-corrected chi connectivity index (χ2v) is 4.76. The zero-order chi connectivity index (χ0) is 13.1. The van der Waals surface area contributed by atoms with E-state index >= 15 is 0 Å². The number of rotatable bonds is 3. The predicted octanol–water partition coefficient (Wildman–Crippen LogP) is 2.03. The van der Waals surface area contributed by atoms with Gasteiger partial charge in [-0.15, -0.1) is 0 Å². The van der Waals surface area contributed by atoms with Gasteiger partial charge in [-0.2, -0.15) is 0 Å². The summed E-state index contributed by atoms with van der Waals surface area (Å²) in [7, 11) is 0. The van der Waals surface area contributed by atoms with E-state index in [1.165, 1.54) is 0 Å². The maximum absolute atomic E-state index is 11.8. The Balaban J connectivity index is 1.66. The third kappa shape index (κ3) is 2.74. The van der Waals surface area contributed by atoms with Crippen molar-refractivity contribution in [1.29, 1.82) is 0 Å². The highest BCUT2D eigenvalue weighted by Crippen LogP contribution is 2.14. The molecule has 1 aromatic carbocycles. The van der Waals surface area contributed by atoms with Crippen LogP contribution >= 0.6 is 0 Å². The SMILES string of the molecule is O=C(NCc1cnc2ccccc2c1)[C@H]1CCCO1. The minimum Gasteiger partial charge on any atom is -0.368 e. The van der Waals surface area contributed by atoms with Crippen molar-refractivity contribution < 1.29 is 9.53 Å². The van der Waals surface area contributed by atoms with E-state index < -0.39 is 0 Å². The lowest BCUT2D eigenvalue weighted by Crippen LogP contribution is -2.33. The molecule has 1 fully saturated rings. The summed E-state index contributed by atoms with van der Waals surface area (Å²) in [5.41, 5.74) is 1.97. The Kier molecular flexibility index (Phi) is 3.42. The van der Waals surface area contributed by atoms with Crippen LogP contribution < -0.4 is 5.32 Å². The van der Waals surface area contributed by atoms with Crippen LogP contribution in [0, 0.1) is 0 Å². The fraction of sp³-hybridized carbons (Fsp3) is 0.333. The van der Waals surface area contributed by atoms with E-state index in [1.54, 1.807) is 6.20 Å². The van der Waals surface area contributed by atoms with Gasteiger partial charge in [0.15, 0.2) is 0 Å². The van der Waals surface area contributed by atoms with E-state index in [9.17, 15) is 4.79 Å². The number of carbonyl (C=O) groups is 1. The molecule has 1 atom stereocenters. The first kappa shape index (κ1) is 12.1. The molecule has 1 amide bonds. The highest BCUT2D eigenvalue weighted by molar-refractivity contribution is 5.81. The third-order valence-electron chi connectivity index (χ3n) is 3.34. The first-order valence-electron chi connectivity index (χ1n) is 6.56. The number of nitrogens with zero attached hydrogens (tertiary/aromatic N) is 1.